The Hall–Kier alpha value is -1.60. The summed E-state index contributed by atoms with van der Waals surface area (Å²) in [6, 6.07) is 4.81. The molecule has 1 aromatic carbocycles. The third kappa shape index (κ3) is 6.91. The number of halogens is 3. The van der Waals surface area contributed by atoms with Crippen molar-refractivity contribution in [3.8, 4) is 0 Å². The highest BCUT2D eigenvalue weighted by Gasteiger charge is 2.29. The van der Waals surface area contributed by atoms with Crippen molar-refractivity contribution in [2.45, 2.75) is 25.6 Å². The molecule has 0 aliphatic heterocycles. The summed E-state index contributed by atoms with van der Waals surface area (Å²) in [5.74, 6) is -0.157. The van der Waals surface area contributed by atoms with Crippen LogP contribution in [0.25, 0.3) is 0 Å². The molecule has 4 nitrogen and oxygen atoms in total. The van der Waals surface area contributed by atoms with E-state index in [1.54, 1.807) is 7.11 Å². The largest absolute Gasteiger partial charge is 0.416 e. The fourth-order valence-electron chi connectivity index (χ4n) is 1.94. The number of carbonyl (C=O) groups is 1. The second-order valence-corrected chi connectivity index (χ2v) is 5.04. The Morgan fingerprint density at radius 1 is 1.27 bits per heavy atom. The van der Waals surface area contributed by atoms with Crippen LogP contribution >= 0.6 is 0 Å². The van der Waals surface area contributed by atoms with Crippen LogP contribution in [-0.2, 0) is 22.1 Å². The van der Waals surface area contributed by atoms with Gasteiger partial charge in [-0.2, -0.15) is 13.2 Å². The van der Waals surface area contributed by atoms with Gasteiger partial charge in [0, 0.05) is 19.7 Å². The lowest BCUT2D eigenvalue weighted by molar-refractivity contribution is -0.137. The maximum atomic E-state index is 12.5. The Balaban J connectivity index is 2.38. The summed E-state index contributed by atoms with van der Waals surface area (Å²) in [4.78, 5) is 11.6. The summed E-state index contributed by atoms with van der Waals surface area (Å²) in [6.45, 7) is 3.09. The molecular weight excluding hydrogens is 297 g/mol. The summed E-state index contributed by atoms with van der Waals surface area (Å²) in [6.07, 6.45) is -3.85. The van der Waals surface area contributed by atoms with E-state index in [4.69, 9.17) is 4.74 Å². The predicted octanol–water partition coefficient (Wildman–Crippen LogP) is 1.99. The van der Waals surface area contributed by atoms with Crippen molar-refractivity contribution in [2.75, 3.05) is 26.8 Å². The van der Waals surface area contributed by atoms with E-state index in [1.165, 1.54) is 12.1 Å². The first-order valence-electron chi connectivity index (χ1n) is 6.98. The lowest BCUT2D eigenvalue weighted by Gasteiger charge is -2.15. The third-order valence-electron chi connectivity index (χ3n) is 3.00. The molecule has 124 valence electrons. The van der Waals surface area contributed by atoms with E-state index >= 15 is 0 Å². The van der Waals surface area contributed by atoms with E-state index in [1.807, 2.05) is 6.92 Å². The van der Waals surface area contributed by atoms with Crippen LogP contribution in [0.5, 0.6) is 0 Å². The van der Waals surface area contributed by atoms with Gasteiger partial charge in [0.2, 0.25) is 5.91 Å². The first-order chi connectivity index (χ1) is 10.3. The summed E-state index contributed by atoms with van der Waals surface area (Å²) in [5, 5.41) is 5.70. The first-order valence-corrected chi connectivity index (χ1v) is 6.98. The topological polar surface area (TPSA) is 50.4 Å². The van der Waals surface area contributed by atoms with Gasteiger partial charge in [-0.3, -0.25) is 4.79 Å². The van der Waals surface area contributed by atoms with Gasteiger partial charge in [0.05, 0.1) is 18.7 Å². The van der Waals surface area contributed by atoms with E-state index in [9.17, 15) is 18.0 Å². The number of benzene rings is 1. The lowest BCUT2D eigenvalue weighted by atomic mass is 10.0. The second-order valence-electron chi connectivity index (χ2n) is 5.04. The number of rotatable bonds is 8. The molecule has 0 fully saturated rings. The molecule has 0 aliphatic carbocycles. The fraction of sp³-hybridized carbons (Fsp3) is 0.533. The average Bonchev–Trinajstić information content (AvgIpc) is 2.43. The molecule has 0 bridgehead atoms. The molecule has 22 heavy (non-hydrogen) atoms. The van der Waals surface area contributed by atoms with Gasteiger partial charge in [0.1, 0.15) is 0 Å². The van der Waals surface area contributed by atoms with Crippen molar-refractivity contribution in [3.63, 3.8) is 0 Å². The molecule has 0 aliphatic rings. The standard InChI is InChI=1S/C15H21F3N2O2/c1-11(20-14(21)10-19-7-8-22-2)9-12-3-5-13(6-4-12)15(16,17)18/h3-6,11,19H,7-10H2,1-2H3,(H,20,21). The van der Waals surface area contributed by atoms with Gasteiger partial charge in [-0.1, -0.05) is 12.1 Å². The van der Waals surface area contributed by atoms with Crippen LogP contribution < -0.4 is 10.6 Å². The highest BCUT2D eigenvalue weighted by molar-refractivity contribution is 5.78. The zero-order chi connectivity index (χ0) is 16.6. The van der Waals surface area contributed by atoms with E-state index in [2.05, 4.69) is 10.6 Å². The van der Waals surface area contributed by atoms with Crippen LogP contribution in [0.2, 0.25) is 0 Å². The van der Waals surface area contributed by atoms with Crippen molar-refractivity contribution < 1.29 is 22.7 Å². The zero-order valence-corrected chi connectivity index (χ0v) is 12.7. The van der Waals surface area contributed by atoms with Gasteiger partial charge in [-0.15, -0.1) is 0 Å². The number of ether oxygens (including phenoxy) is 1. The van der Waals surface area contributed by atoms with Crippen LogP contribution in [0.4, 0.5) is 13.2 Å². The SMILES string of the molecule is COCCNCC(=O)NC(C)Cc1ccc(C(F)(F)F)cc1. The Bertz CT molecular complexity index is 461. The number of amides is 1. The van der Waals surface area contributed by atoms with E-state index in [0.29, 0.717) is 19.6 Å². The first kappa shape index (κ1) is 18.4. The van der Waals surface area contributed by atoms with E-state index < -0.39 is 11.7 Å². The molecule has 1 aromatic rings. The van der Waals surface area contributed by atoms with Gasteiger partial charge in [-0.05, 0) is 31.0 Å². The number of alkyl halides is 3. The smallest absolute Gasteiger partial charge is 0.383 e. The van der Waals surface area contributed by atoms with Gasteiger partial charge in [0.25, 0.3) is 0 Å². The summed E-state index contributed by atoms with van der Waals surface area (Å²) >= 11 is 0. The number of hydrogen-bond donors (Lipinski definition) is 2. The minimum atomic E-state index is -4.33. The van der Waals surface area contributed by atoms with Crippen LogP contribution in [-0.4, -0.2) is 38.8 Å². The Labute approximate surface area is 128 Å². The summed E-state index contributed by atoms with van der Waals surface area (Å²) < 4.78 is 42.2. The average molecular weight is 318 g/mol. The zero-order valence-electron chi connectivity index (χ0n) is 12.7. The van der Waals surface area contributed by atoms with Gasteiger partial charge >= 0.3 is 6.18 Å². The Kier molecular flexibility index (Phi) is 7.34. The summed E-state index contributed by atoms with van der Waals surface area (Å²) in [5.41, 5.74) is 0.0726. The van der Waals surface area contributed by atoms with Crippen LogP contribution in [0.1, 0.15) is 18.1 Å². The van der Waals surface area contributed by atoms with Crippen molar-refractivity contribution in [2.24, 2.45) is 0 Å². The van der Waals surface area contributed by atoms with Crippen LogP contribution in [0.15, 0.2) is 24.3 Å². The molecular formula is C15H21F3N2O2. The number of hydrogen-bond acceptors (Lipinski definition) is 3. The molecule has 1 rings (SSSR count). The van der Waals surface area contributed by atoms with Crippen molar-refractivity contribution >= 4 is 5.91 Å². The molecule has 2 N–H and O–H groups in total. The van der Waals surface area contributed by atoms with Crippen LogP contribution in [0.3, 0.4) is 0 Å². The van der Waals surface area contributed by atoms with Gasteiger partial charge in [-0.25, -0.2) is 0 Å². The number of carbonyl (C=O) groups excluding carboxylic acids is 1. The Morgan fingerprint density at radius 3 is 2.45 bits per heavy atom. The Morgan fingerprint density at radius 2 is 1.91 bits per heavy atom. The minimum Gasteiger partial charge on any atom is -0.383 e. The monoisotopic (exact) mass is 318 g/mol. The number of nitrogens with one attached hydrogen (secondary N) is 2. The molecule has 1 atom stereocenters. The quantitative estimate of drug-likeness (QED) is 0.721. The van der Waals surface area contributed by atoms with Gasteiger partial charge < -0.3 is 15.4 Å². The van der Waals surface area contributed by atoms with E-state index in [0.717, 1.165) is 17.7 Å². The van der Waals surface area contributed by atoms with Crippen molar-refractivity contribution in [1.82, 2.24) is 10.6 Å². The number of methoxy groups -OCH3 is 1. The fourth-order valence-corrected chi connectivity index (χ4v) is 1.94. The minimum absolute atomic E-state index is 0.157. The normalized spacial score (nSPS) is 13.0. The molecule has 0 aromatic heterocycles. The van der Waals surface area contributed by atoms with Gasteiger partial charge in [0.15, 0.2) is 0 Å². The van der Waals surface area contributed by atoms with Crippen molar-refractivity contribution in [3.05, 3.63) is 35.4 Å². The molecule has 0 saturated heterocycles. The maximum Gasteiger partial charge on any atom is 0.416 e. The molecule has 1 amide bonds. The summed E-state index contributed by atoms with van der Waals surface area (Å²) in [7, 11) is 1.58. The lowest BCUT2D eigenvalue weighted by Crippen LogP contribution is -2.40. The highest BCUT2D eigenvalue weighted by atomic mass is 19.4. The molecule has 7 heteroatoms. The van der Waals surface area contributed by atoms with E-state index in [-0.39, 0.29) is 18.5 Å². The molecule has 0 spiro atoms. The maximum absolute atomic E-state index is 12.5. The second kappa shape index (κ2) is 8.75. The van der Waals surface area contributed by atoms with Crippen molar-refractivity contribution in [1.29, 1.82) is 0 Å². The van der Waals surface area contributed by atoms with Crippen LogP contribution in [0, 0.1) is 0 Å². The molecule has 0 heterocycles. The highest BCUT2D eigenvalue weighted by Crippen LogP contribution is 2.29. The molecule has 1 unspecified atom stereocenters. The molecule has 0 saturated carbocycles. The molecule has 0 radical (unpaired) electrons. The third-order valence-corrected chi connectivity index (χ3v) is 3.00. The predicted molar refractivity (Wildman–Crippen MR) is 77.5 cm³/mol.